The molecule has 2 aliphatic carbocycles. The monoisotopic (exact) mass is 284 g/mol. The van der Waals surface area contributed by atoms with Gasteiger partial charge in [-0.1, -0.05) is 25.1 Å². The Kier molecular flexibility index (Phi) is 3.78. The van der Waals surface area contributed by atoms with E-state index in [2.05, 4.69) is 22.8 Å². The maximum atomic E-state index is 12.4. The Bertz CT molecular complexity index is 594. The van der Waals surface area contributed by atoms with Crippen LogP contribution in [0.15, 0.2) is 36.4 Å². The second-order valence-electron chi connectivity index (χ2n) is 5.86. The Balaban J connectivity index is 1.65. The summed E-state index contributed by atoms with van der Waals surface area (Å²) in [6.07, 6.45) is 6.92. The zero-order valence-electron chi connectivity index (χ0n) is 12.1. The normalized spacial score (nSPS) is 25.9. The van der Waals surface area contributed by atoms with Crippen molar-refractivity contribution in [3.8, 4) is 0 Å². The van der Waals surface area contributed by atoms with Gasteiger partial charge in [0.1, 0.15) is 0 Å². The summed E-state index contributed by atoms with van der Waals surface area (Å²) in [6.45, 7) is 1.81. The molecule has 1 fully saturated rings. The minimum atomic E-state index is -0.0308. The Labute approximate surface area is 124 Å². The first-order valence-electron chi connectivity index (χ1n) is 7.55. The summed E-state index contributed by atoms with van der Waals surface area (Å²) in [5.41, 5.74) is 1.45. The van der Waals surface area contributed by atoms with E-state index in [1.54, 1.807) is 6.07 Å². The summed E-state index contributed by atoms with van der Waals surface area (Å²) in [6, 6.07) is 7.31. The predicted octanol–water partition coefficient (Wildman–Crippen LogP) is 3.19. The number of hydrogen-bond donors (Lipinski definition) is 2. The standard InChI is InChI=1S/C17H20N2O2/c1-2-16(20)18-13-4-3-5-14(10-13)19-17(21)15-9-11-6-7-12(15)8-11/h3-7,10-12,15H,2,8-9H2,1H3,(H,18,20)(H,19,21). The Morgan fingerprint density at radius 3 is 2.52 bits per heavy atom. The number of carbonyl (C=O) groups is 2. The maximum absolute atomic E-state index is 12.4. The number of benzene rings is 1. The second kappa shape index (κ2) is 5.72. The van der Waals surface area contributed by atoms with Crippen molar-refractivity contribution in [3.63, 3.8) is 0 Å². The molecule has 110 valence electrons. The number of carbonyl (C=O) groups excluding carboxylic acids is 2. The van der Waals surface area contributed by atoms with Crippen LogP contribution < -0.4 is 10.6 Å². The van der Waals surface area contributed by atoms with Crippen molar-refractivity contribution in [3.05, 3.63) is 36.4 Å². The lowest BCUT2D eigenvalue weighted by Gasteiger charge is -2.17. The van der Waals surface area contributed by atoms with Gasteiger partial charge in [0.2, 0.25) is 11.8 Å². The summed E-state index contributed by atoms with van der Waals surface area (Å²) in [5, 5.41) is 5.78. The van der Waals surface area contributed by atoms with E-state index in [0.717, 1.165) is 18.5 Å². The minimum absolute atomic E-state index is 0.0308. The Morgan fingerprint density at radius 1 is 1.14 bits per heavy atom. The quantitative estimate of drug-likeness (QED) is 0.834. The lowest BCUT2D eigenvalue weighted by molar-refractivity contribution is -0.120. The zero-order chi connectivity index (χ0) is 14.8. The first-order valence-corrected chi connectivity index (χ1v) is 7.55. The molecule has 0 radical (unpaired) electrons. The third-order valence-electron chi connectivity index (χ3n) is 4.35. The van der Waals surface area contributed by atoms with E-state index in [9.17, 15) is 9.59 Å². The number of nitrogens with one attached hydrogen (secondary N) is 2. The molecule has 1 aromatic carbocycles. The second-order valence-corrected chi connectivity index (χ2v) is 5.86. The van der Waals surface area contributed by atoms with Crippen molar-refractivity contribution in [2.24, 2.45) is 17.8 Å². The van der Waals surface area contributed by atoms with E-state index >= 15 is 0 Å². The van der Waals surface area contributed by atoms with Crippen molar-refractivity contribution in [1.82, 2.24) is 0 Å². The third kappa shape index (κ3) is 2.99. The number of allylic oxidation sites excluding steroid dienone is 2. The predicted molar refractivity (Wildman–Crippen MR) is 82.8 cm³/mol. The highest BCUT2D eigenvalue weighted by Crippen LogP contribution is 2.43. The molecule has 2 amide bonds. The first kappa shape index (κ1) is 13.9. The van der Waals surface area contributed by atoms with Gasteiger partial charge in [-0.15, -0.1) is 0 Å². The Hall–Kier alpha value is -2.10. The fraction of sp³-hybridized carbons (Fsp3) is 0.412. The molecule has 0 aromatic heterocycles. The fourth-order valence-corrected chi connectivity index (χ4v) is 3.24. The van der Waals surface area contributed by atoms with Crippen LogP contribution in [0.3, 0.4) is 0 Å². The van der Waals surface area contributed by atoms with E-state index in [-0.39, 0.29) is 17.7 Å². The molecule has 1 aromatic rings. The van der Waals surface area contributed by atoms with Crippen LogP contribution in [0.25, 0.3) is 0 Å². The molecule has 21 heavy (non-hydrogen) atoms. The average Bonchev–Trinajstić information content (AvgIpc) is 3.10. The van der Waals surface area contributed by atoms with Crippen molar-refractivity contribution >= 4 is 23.2 Å². The molecule has 3 rings (SSSR count). The van der Waals surface area contributed by atoms with Gasteiger partial charge in [-0.05, 0) is 42.9 Å². The largest absolute Gasteiger partial charge is 0.326 e. The molecule has 0 aliphatic heterocycles. The third-order valence-corrected chi connectivity index (χ3v) is 4.35. The topological polar surface area (TPSA) is 58.2 Å². The molecule has 3 unspecified atom stereocenters. The summed E-state index contributed by atoms with van der Waals surface area (Å²) >= 11 is 0. The van der Waals surface area contributed by atoms with Gasteiger partial charge in [0, 0.05) is 23.7 Å². The van der Waals surface area contributed by atoms with Crippen LogP contribution in [0, 0.1) is 17.8 Å². The molecule has 0 spiro atoms. The SMILES string of the molecule is CCC(=O)Nc1cccc(NC(=O)C2CC3C=CC2C3)c1. The minimum Gasteiger partial charge on any atom is -0.326 e. The highest BCUT2D eigenvalue weighted by Gasteiger charge is 2.39. The fourth-order valence-electron chi connectivity index (χ4n) is 3.24. The van der Waals surface area contributed by atoms with Gasteiger partial charge in [0.05, 0.1) is 0 Å². The molecule has 0 heterocycles. The average molecular weight is 284 g/mol. The van der Waals surface area contributed by atoms with Crippen molar-refractivity contribution in [2.45, 2.75) is 26.2 Å². The maximum Gasteiger partial charge on any atom is 0.228 e. The van der Waals surface area contributed by atoms with Crippen LogP contribution in [-0.4, -0.2) is 11.8 Å². The number of anilines is 2. The smallest absolute Gasteiger partial charge is 0.228 e. The van der Waals surface area contributed by atoms with Crippen LogP contribution in [0.5, 0.6) is 0 Å². The van der Waals surface area contributed by atoms with Gasteiger partial charge in [-0.2, -0.15) is 0 Å². The van der Waals surface area contributed by atoms with E-state index in [4.69, 9.17) is 0 Å². The molecular formula is C17H20N2O2. The first-order chi connectivity index (χ1) is 10.2. The number of rotatable bonds is 4. The van der Waals surface area contributed by atoms with Crippen LogP contribution in [0.1, 0.15) is 26.2 Å². The highest BCUT2D eigenvalue weighted by atomic mass is 16.2. The van der Waals surface area contributed by atoms with Crippen molar-refractivity contribution in [1.29, 1.82) is 0 Å². The summed E-state index contributed by atoms with van der Waals surface area (Å²) in [7, 11) is 0. The molecule has 1 saturated carbocycles. The van der Waals surface area contributed by atoms with E-state index in [1.807, 2.05) is 25.1 Å². The lowest BCUT2D eigenvalue weighted by atomic mass is 9.93. The molecule has 3 atom stereocenters. The van der Waals surface area contributed by atoms with Crippen LogP contribution in [0.4, 0.5) is 11.4 Å². The zero-order valence-corrected chi connectivity index (χ0v) is 12.1. The van der Waals surface area contributed by atoms with Crippen molar-refractivity contribution in [2.75, 3.05) is 10.6 Å². The molecule has 2 bridgehead atoms. The summed E-state index contributed by atoms with van der Waals surface area (Å²) in [5.74, 6) is 1.13. The van der Waals surface area contributed by atoms with Gasteiger partial charge >= 0.3 is 0 Å². The van der Waals surface area contributed by atoms with Crippen LogP contribution >= 0.6 is 0 Å². The summed E-state index contributed by atoms with van der Waals surface area (Å²) < 4.78 is 0. The Morgan fingerprint density at radius 2 is 1.90 bits per heavy atom. The van der Waals surface area contributed by atoms with Crippen molar-refractivity contribution < 1.29 is 9.59 Å². The lowest BCUT2D eigenvalue weighted by Crippen LogP contribution is -2.25. The van der Waals surface area contributed by atoms with Gasteiger partial charge < -0.3 is 10.6 Å². The molecule has 2 aliphatic rings. The van der Waals surface area contributed by atoms with Gasteiger partial charge in [0.15, 0.2) is 0 Å². The van der Waals surface area contributed by atoms with Gasteiger partial charge in [-0.25, -0.2) is 0 Å². The number of amides is 2. The highest BCUT2D eigenvalue weighted by molar-refractivity contribution is 5.95. The molecular weight excluding hydrogens is 264 g/mol. The van der Waals surface area contributed by atoms with Gasteiger partial charge in [0.25, 0.3) is 0 Å². The van der Waals surface area contributed by atoms with E-state index < -0.39 is 0 Å². The molecule has 4 heteroatoms. The summed E-state index contributed by atoms with van der Waals surface area (Å²) in [4.78, 5) is 23.8. The van der Waals surface area contributed by atoms with Gasteiger partial charge in [-0.3, -0.25) is 9.59 Å². The van der Waals surface area contributed by atoms with E-state index in [0.29, 0.717) is 23.9 Å². The van der Waals surface area contributed by atoms with Crippen LogP contribution in [0.2, 0.25) is 0 Å². The number of hydrogen-bond acceptors (Lipinski definition) is 2. The molecule has 0 saturated heterocycles. The molecule has 2 N–H and O–H groups in total. The van der Waals surface area contributed by atoms with E-state index in [1.165, 1.54) is 0 Å². The molecule has 4 nitrogen and oxygen atoms in total. The van der Waals surface area contributed by atoms with Crippen LogP contribution in [-0.2, 0) is 9.59 Å². The number of fused-ring (bicyclic) bond motifs is 2.